The van der Waals surface area contributed by atoms with Crippen molar-refractivity contribution >= 4 is 21.7 Å². The highest BCUT2D eigenvalue weighted by Crippen LogP contribution is 2.35. The van der Waals surface area contributed by atoms with E-state index in [0.717, 1.165) is 18.7 Å². The molecule has 1 unspecified atom stereocenters. The van der Waals surface area contributed by atoms with E-state index in [2.05, 4.69) is 30.9 Å². The van der Waals surface area contributed by atoms with Gasteiger partial charge >= 0.3 is 6.18 Å². The van der Waals surface area contributed by atoms with E-state index in [0.29, 0.717) is 35.9 Å². The van der Waals surface area contributed by atoms with Gasteiger partial charge in [-0.2, -0.15) is 13.2 Å². The molecule has 0 N–H and O–H groups in total. The molecule has 1 aliphatic rings. The maximum absolute atomic E-state index is 12.7. The number of aromatic nitrogens is 3. The second-order valence-corrected chi connectivity index (χ2v) is 6.34. The summed E-state index contributed by atoms with van der Waals surface area (Å²) in [5, 5.41) is 0. The van der Waals surface area contributed by atoms with Gasteiger partial charge in [-0.05, 0) is 28.4 Å². The maximum atomic E-state index is 12.7. The zero-order valence-corrected chi connectivity index (χ0v) is 14.1. The van der Waals surface area contributed by atoms with Crippen molar-refractivity contribution in [3.63, 3.8) is 0 Å². The number of anilines is 1. The minimum absolute atomic E-state index is 0.253. The molecule has 1 saturated heterocycles. The first-order valence-corrected chi connectivity index (χ1v) is 8.09. The molecule has 0 aromatic carbocycles. The summed E-state index contributed by atoms with van der Waals surface area (Å²) in [6.07, 6.45) is 2.00. The van der Waals surface area contributed by atoms with Crippen molar-refractivity contribution < 1.29 is 17.9 Å². The average molecular weight is 403 g/mol. The summed E-state index contributed by atoms with van der Waals surface area (Å²) < 4.78 is 44.0. The number of rotatable bonds is 4. The second kappa shape index (κ2) is 6.92. The molecule has 5 nitrogen and oxygen atoms in total. The molecule has 9 heteroatoms. The van der Waals surface area contributed by atoms with Gasteiger partial charge in [0.25, 0.3) is 0 Å². The maximum Gasteiger partial charge on any atom is 0.417 e. The molecule has 3 heterocycles. The highest BCUT2D eigenvalue weighted by Gasteiger charge is 2.33. The predicted octanol–water partition coefficient (Wildman–Crippen LogP) is 3.56. The summed E-state index contributed by atoms with van der Waals surface area (Å²) in [5.74, 6) is 1.23. The highest BCUT2D eigenvalue weighted by molar-refractivity contribution is 9.10. The van der Waals surface area contributed by atoms with Crippen LogP contribution in [0.25, 0.3) is 0 Å². The number of alkyl halides is 3. The largest absolute Gasteiger partial charge is 0.476 e. The quantitative estimate of drug-likeness (QED) is 0.782. The standard InChI is InChI=1S/C15H14BrF3N4O/c16-12-5-11(15(17,18)19)6-22-14(12)23-4-1-10(8-23)9-24-13-7-20-2-3-21-13/h2-3,5-7,10H,1,4,8-9H2. The Balaban J connectivity index is 1.61. The summed E-state index contributed by atoms with van der Waals surface area (Å²) in [4.78, 5) is 13.9. The molecule has 1 aliphatic heterocycles. The van der Waals surface area contributed by atoms with E-state index in [1.807, 2.05) is 4.90 Å². The molecule has 1 atom stereocenters. The van der Waals surface area contributed by atoms with Crippen LogP contribution in [-0.4, -0.2) is 34.6 Å². The number of pyridine rings is 1. The van der Waals surface area contributed by atoms with Crippen LogP contribution < -0.4 is 9.64 Å². The smallest absolute Gasteiger partial charge is 0.417 e. The number of hydrogen-bond donors (Lipinski definition) is 0. The first kappa shape index (κ1) is 16.9. The number of halogens is 4. The van der Waals surface area contributed by atoms with Gasteiger partial charge in [0.1, 0.15) is 5.82 Å². The topological polar surface area (TPSA) is 51.1 Å². The molecule has 0 spiro atoms. The molecule has 0 aliphatic carbocycles. The molecule has 0 radical (unpaired) electrons. The van der Waals surface area contributed by atoms with Crippen LogP contribution in [0, 0.1) is 5.92 Å². The van der Waals surface area contributed by atoms with Gasteiger partial charge in [0.05, 0.1) is 22.8 Å². The summed E-state index contributed by atoms with van der Waals surface area (Å²) in [7, 11) is 0. The van der Waals surface area contributed by atoms with Crippen LogP contribution >= 0.6 is 15.9 Å². The van der Waals surface area contributed by atoms with Gasteiger partial charge in [0, 0.05) is 37.6 Å². The van der Waals surface area contributed by atoms with Crippen molar-refractivity contribution in [2.75, 3.05) is 24.6 Å². The van der Waals surface area contributed by atoms with Crippen LogP contribution in [0.5, 0.6) is 5.88 Å². The SMILES string of the molecule is FC(F)(F)c1cnc(N2CCC(COc3cnccn3)C2)c(Br)c1. The lowest BCUT2D eigenvalue weighted by Gasteiger charge is -2.20. The molecular formula is C15H14BrF3N4O. The van der Waals surface area contributed by atoms with Gasteiger partial charge in [-0.15, -0.1) is 0 Å². The summed E-state index contributed by atoms with van der Waals surface area (Å²) in [6.45, 7) is 1.86. The third kappa shape index (κ3) is 3.95. The molecule has 0 amide bonds. The molecule has 2 aromatic heterocycles. The van der Waals surface area contributed by atoms with E-state index in [9.17, 15) is 13.2 Å². The Kier molecular flexibility index (Phi) is 4.88. The molecule has 3 rings (SSSR count). The first-order valence-electron chi connectivity index (χ1n) is 7.30. The van der Waals surface area contributed by atoms with E-state index in [-0.39, 0.29) is 5.92 Å². The van der Waals surface area contributed by atoms with E-state index in [4.69, 9.17) is 4.74 Å². The Hall–Kier alpha value is -1.90. The van der Waals surface area contributed by atoms with Crippen LogP contribution in [0.3, 0.4) is 0 Å². The van der Waals surface area contributed by atoms with Crippen molar-refractivity contribution in [2.24, 2.45) is 5.92 Å². The van der Waals surface area contributed by atoms with Gasteiger partial charge in [-0.1, -0.05) is 0 Å². The molecular weight excluding hydrogens is 389 g/mol. The molecule has 2 aromatic rings. The van der Waals surface area contributed by atoms with Crippen molar-refractivity contribution in [1.82, 2.24) is 15.0 Å². The Morgan fingerprint density at radius 2 is 2.08 bits per heavy atom. The average Bonchev–Trinajstić information content (AvgIpc) is 3.01. The molecule has 128 valence electrons. The lowest BCUT2D eigenvalue weighted by atomic mass is 10.1. The van der Waals surface area contributed by atoms with Gasteiger partial charge < -0.3 is 9.64 Å². The van der Waals surface area contributed by atoms with Crippen LogP contribution in [0.15, 0.2) is 35.3 Å². The van der Waals surface area contributed by atoms with Crippen molar-refractivity contribution in [1.29, 1.82) is 0 Å². The fourth-order valence-electron chi connectivity index (χ4n) is 2.54. The predicted molar refractivity (Wildman–Crippen MR) is 84.8 cm³/mol. The molecule has 0 saturated carbocycles. The van der Waals surface area contributed by atoms with Crippen LogP contribution in [0.1, 0.15) is 12.0 Å². The third-order valence-corrected chi connectivity index (χ3v) is 4.32. The van der Waals surface area contributed by atoms with Crippen molar-refractivity contribution in [3.05, 3.63) is 40.9 Å². The van der Waals surface area contributed by atoms with Gasteiger partial charge in [0.15, 0.2) is 0 Å². The number of hydrogen-bond acceptors (Lipinski definition) is 5. The molecule has 0 bridgehead atoms. The first-order chi connectivity index (χ1) is 11.4. The fraction of sp³-hybridized carbons (Fsp3) is 0.400. The minimum Gasteiger partial charge on any atom is -0.476 e. The van der Waals surface area contributed by atoms with Gasteiger partial charge in [-0.3, -0.25) is 4.98 Å². The van der Waals surface area contributed by atoms with Crippen LogP contribution in [-0.2, 0) is 6.18 Å². The summed E-state index contributed by atoms with van der Waals surface area (Å²) in [5.41, 5.74) is -0.764. The Bertz CT molecular complexity index is 699. The minimum atomic E-state index is -4.40. The van der Waals surface area contributed by atoms with E-state index >= 15 is 0 Å². The van der Waals surface area contributed by atoms with Crippen LogP contribution in [0.4, 0.5) is 19.0 Å². The zero-order chi connectivity index (χ0) is 17.2. The zero-order valence-electron chi connectivity index (χ0n) is 12.5. The number of nitrogens with zero attached hydrogens (tertiary/aromatic N) is 4. The number of ether oxygens (including phenoxy) is 1. The summed E-state index contributed by atoms with van der Waals surface area (Å²) >= 11 is 3.19. The van der Waals surface area contributed by atoms with Crippen LogP contribution in [0.2, 0.25) is 0 Å². The fourth-order valence-corrected chi connectivity index (χ4v) is 3.14. The van der Waals surface area contributed by atoms with Gasteiger partial charge in [-0.25, -0.2) is 9.97 Å². The monoisotopic (exact) mass is 402 g/mol. The van der Waals surface area contributed by atoms with Crippen molar-refractivity contribution in [3.8, 4) is 5.88 Å². The lowest BCUT2D eigenvalue weighted by Crippen LogP contribution is -2.23. The lowest BCUT2D eigenvalue weighted by molar-refractivity contribution is -0.137. The highest BCUT2D eigenvalue weighted by atomic mass is 79.9. The van der Waals surface area contributed by atoms with E-state index < -0.39 is 11.7 Å². The van der Waals surface area contributed by atoms with Crippen molar-refractivity contribution in [2.45, 2.75) is 12.6 Å². The van der Waals surface area contributed by atoms with E-state index in [1.165, 1.54) is 0 Å². The molecule has 24 heavy (non-hydrogen) atoms. The molecule has 1 fully saturated rings. The van der Waals surface area contributed by atoms with Gasteiger partial charge in [0.2, 0.25) is 5.88 Å². The Morgan fingerprint density at radius 1 is 1.25 bits per heavy atom. The normalized spacial score (nSPS) is 18.0. The summed E-state index contributed by atoms with van der Waals surface area (Å²) in [6, 6.07) is 1.06. The third-order valence-electron chi connectivity index (χ3n) is 3.74. The van der Waals surface area contributed by atoms with E-state index in [1.54, 1.807) is 18.6 Å². The second-order valence-electron chi connectivity index (χ2n) is 5.48. The Morgan fingerprint density at radius 3 is 2.75 bits per heavy atom. The Labute approximate surface area is 145 Å².